The van der Waals surface area contributed by atoms with Gasteiger partial charge in [-0.25, -0.2) is 17.2 Å². The molecule has 0 saturated carbocycles. The Morgan fingerprint density at radius 3 is 2.43 bits per heavy atom. The highest BCUT2D eigenvalue weighted by molar-refractivity contribution is 7.89. The molecule has 1 heterocycles. The van der Waals surface area contributed by atoms with Gasteiger partial charge < -0.3 is 10.2 Å². The summed E-state index contributed by atoms with van der Waals surface area (Å²) in [6, 6.07) is 13.4. The molecule has 2 N–H and O–H groups in total. The SMILES string of the molecule is CCOc1ccc(C2CC(C(NS(=O)(=O)c3c(F)cccc3F)c3ccc(Cl)cc3Cl)=NN2)cc1. The Hall–Kier alpha value is -2.72. The number of halogens is 4. The fourth-order valence-corrected chi connectivity index (χ4v) is 5.66. The molecule has 184 valence electrons. The van der Waals surface area contributed by atoms with Crippen LogP contribution >= 0.6 is 23.2 Å². The van der Waals surface area contributed by atoms with E-state index in [2.05, 4.69) is 15.2 Å². The van der Waals surface area contributed by atoms with Gasteiger partial charge in [-0.3, -0.25) is 0 Å². The lowest BCUT2D eigenvalue weighted by Gasteiger charge is -2.21. The molecule has 0 aromatic heterocycles. The minimum Gasteiger partial charge on any atom is -0.494 e. The van der Waals surface area contributed by atoms with Crippen LogP contribution in [0, 0.1) is 11.6 Å². The fourth-order valence-electron chi connectivity index (χ4n) is 3.80. The Balaban J connectivity index is 1.67. The highest BCUT2D eigenvalue weighted by atomic mass is 35.5. The molecular weight excluding hydrogens is 519 g/mol. The summed E-state index contributed by atoms with van der Waals surface area (Å²) in [5.74, 6) is -1.70. The zero-order chi connectivity index (χ0) is 25.2. The summed E-state index contributed by atoms with van der Waals surface area (Å²) in [4.78, 5) is -1.08. The smallest absolute Gasteiger partial charge is 0.247 e. The number of benzene rings is 3. The average molecular weight is 540 g/mol. The minimum absolute atomic E-state index is 0.173. The Morgan fingerprint density at radius 2 is 1.80 bits per heavy atom. The monoisotopic (exact) mass is 539 g/mol. The first kappa shape index (κ1) is 25.4. The van der Waals surface area contributed by atoms with Gasteiger partial charge in [0.25, 0.3) is 0 Å². The van der Waals surface area contributed by atoms with Gasteiger partial charge in [-0.2, -0.15) is 9.82 Å². The zero-order valence-electron chi connectivity index (χ0n) is 18.4. The molecule has 3 aromatic rings. The molecule has 35 heavy (non-hydrogen) atoms. The van der Waals surface area contributed by atoms with Crippen LogP contribution in [0.5, 0.6) is 5.75 Å². The quantitative estimate of drug-likeness (QED) is 0.380. The first-order chi connectivity index (χ1) is 16.7. The predicted molar refractivity (Wildman–Crippen MR) is 131 cm³/mol. The molecule has 1 aliphatic rings. The largest absolute Gasteiger partial charge is 0.494 e. The maximum Gasteiger partial charge on any atom is 0.247 e. The van der Waals surface area contributed by atoms with Crippen molar-refractivity contribution in [1.29, 1.82) is 0 Å². The van der Waals surface area contributed by atoms with Crippen molar-refractivity contribution in [2.45, 2.75) is 30.3 Å². The molecule has 11 heteroatoms. The molecule has 0 bridgehead atoms. The lowest BCUT2D eigenvalue weighted by atomic mass is 9.96. The topological polar surface area (TPSA) is 79.8 Å². The van der Waals surface area contributed by atoms with Crippen LogP contribution in [-0.4, -0.2) is 20.7 Å². The van der Waals surface area contributed by atoms with Crippen molar-refractivity contribution in [3.63, 3.8) is 0 Å². The Bertz CT molecular complexity index is 1350. The molecule has 0 fully saturated rings. The van der Waals surface area contributed by atoms with E-state index in [1.54, 1.807) is 12.1 Å². The molecule has 0 saturated heterocycles. The Morgan fingerprint density at radius 1 is 1.11 bits per heavy atom. The summed E-state index contributed by atoms with van der Waals surface area (Å²) < 4.78 is 62.7. The van der Waals surface area contributed by atoms with E-state index in [0.717, 1.165) is 29.5 Å². The minimum atomic E-state index is -4.64. The molecule has 2 unspecified atom stereocenters. The fraction of sp³-hybridized carbons (Fsp3) is 0.208. The number of ether oxygens (including phenoxy) is 1. The predicted octanol–water partition coefficient (Wildman–Crippen LogP) is 5.78. The van der Waals surface area contributed by atoms with Crippen molar-refractivity contribution in [2.75, 3.05) is 6.61 Å². The average Bonchev–Trinajstić information content (AvgIpc) is 3.28. The second-order valence-electron chi connectivity index (χ2n) is 7.76. The van der Waals surface area contributed by atoms with Crippen molar-refractivity contribution in [2.24, 2.45) is 5.10 Å². The van der Waals surface area contributed by atoms with Crippen LogP contribution in [0.25, 0.3) is 0 Å². The van der Waals surface area contributed by atoms with Gasteiger partial charge in [0.05, 0.1) is 24.4 Å². The Labute approximate surface area is 212 Å². The van der Waals surface area contributed by atoms with E-state index in [0.29, 0.717) is 29.3 Å². The van der Waals surface area contributed by atoms with Crippen LogP contribution in [-0.2, 0) is 10.0 Å². The number of hydrogen-bond acceptors (Lipinski definition) is 5. The molecule has 6 nitrogen and oxygen atoms in total. The number of nitrogens with zero attached hydrogens (tertiary/aromatic N) is 1. The summed E-state index contributed by atoms with van der Waals surface area (Å²) in [5, 5.41) is 4.86. The van der Waals surface area contributed by atoms with Gasteiger partial charge in [-0.1, -0.05) is 47.5 Å². The molecule has 2 atom stereocenters. The van der Waals surface area contributed by atoms with Crippen molar-refractivity contribution >= 4 is 38.9 Å². The molecule has 0 aliphatic carbocycles. The van der Waals surface area contributed by atoms with Crippen LogP contribution in [0.15, 0.2) is 70.7 Å². The second kappa shape index (κ2) is 10.5. The normalized spacial score (nSPS) is 16.5. The van der Waals surface area contributed by atoms with E-state index in [1.807, 2.05) is 31.2 Å². The first-order valence-corrected chi connectivity index (χ1v) is 12.9. The van der Waals surface area contributed by atoms with Gasteiger partial charge in [0, 0.05) is 16.5 Å². The van der Waals surface area contributed by atoms with E-state index in [-0.39, 0.29) is 11.1 Å². The van der Waals surface area contributed by atoms with Gasteiger partial charge in [0.1, 0.15) is 17.4 Å². The maximum absolute atomic E-state index is 14.3. The third-order valence-electron chi connectivity index (χ3n) is 5.44. The summed E-state index contributed by atoms with van der Waals surface area (Å²) in [6.07, 6.45) is 0.305. The Kier molecular flexibility index (Phi) is 7.61. The first-order valence-electron chi connectivity index (χ1n) is 10.7. The van der Waals surface area contributed by atoms with Crippen LogP contribution < -0.4 is 14.9 Å². The van der Waals surface area contributed by atoms with Crippen molar-refractivity contribution in [1.82, 2.24) is 10.1 Å². The lowest BCUT2D eigenvalue weighted by Crippen LogP contribution is -2.34. The summed E-state index contributed by atoms with van der Waals surface area (Å²) in [7, 11) is -4.64. The summed E-state index contributed by atoms with van der Waals surface area (Å²) in [6.45, 7) is 2.43. The van der Waals surface area contributed by atoms with Crippen molar-refractivity contribution < 1.29 is 21.9 Å². The van der Waals surface area contributed by atoms with Gasteiger partial charge in [-0.05, 0) is 54.4 Å². The standard InChI is InChI=1S/C24H21Cl2F2N3O3S/c1-2-34-16-9-6-14(7-10-16)21-13-22(30-29-21)23(17-11-8-15(25)12-18(17)26)31-35(32,33)24-19(27)4-3-5-20(24)28/h3-12,21,23,29,31H,2,13H2,1H3. The molecule has 0 amide bonds. The van der Waals surface area contributed by atoms with Gasteiger partial charge in [0.2, 0.25) is 10.0 Å². The van der Waals surface area contributed by atoms with Gasteiger partial charge >= 0.3 is 0 Å². The van der Waals surface area contributed by atoms with Gasteiger partial charge in [0.15, 0.2) is 4.90 Å². The highest BCUT2D eigenvalue weighted by Gasteiger charge is 2.34. The van der Waals surface area contributed by atoms with Gasteiger partial charge in [-0.15, -0.1) is 0 Å². The maximum atomic E-state index is 14.3. The lowest BCUT2D eigenvalue weighted by molar-refractivity contribution is 0.340. The van der Waals surface area contributed by atoms with E-state index in [9.17, 15) is 17.2 Å². The third-order valence-corrected chi connectivity index (χ3v) is 7.47. The molecule has 0 spiro atoms. The zero-order valence-corrected chi connectivity index (χ0v) is 20.8. The molecular formula is C24H21Cl2F2N3O3S. The number of sulfonamides is 1. The van der Waals surface area contributed by atoms with E-state index in [4.69, 9.17) is 27.9 Å². The van der Waals surface area contributed by atoms with Crippen LogP contribution in [0.3, 0.4) is 0 Å². The summed E-state index contributed by atoms with van der Waals surface area (Å²) >= 11 is 12.4. The number of nitrogens with one attached hydrogen (secondary N) is 2. The van der Waals surface area contributed by atoms with E-state index < -0.39 is 32.6 Å². The molecule has 1 aliphatic heterocycles. The van der Waals surface area contributed by atoms with E-state index in [1.165, 1.54) is 6.07 Å². The highest BCUT2D eigenvalue weighted by Crippen LogP contribution is 2.34. The molecule has 0 radical (unpaired) electrons. The molecule has 4 rings (SSSR count). The second-order valence-corrected chi connectivity index (χ2v) is 10.3. The summed E-state index contributed by atoms with van der Waals surface area (Å²) in [5.41, 5.74) is 4.62. The number of hydrazone groups is 1. The van der Waals surface area contributed by atoms with E-state index >= 15 is 0 Å². The number of hydrogen-bond donors (Lipinski definition) is 2. The number of rotatable bonds is 8. The van der Waals surface area contributed by atoms with Crippen molar-refractivity contribution in [3.8, 4) is 5.75 Å². The van der Waals surface area contributed by atoms with Crippen LogP contribution in [0.2, 0.25) is 10.0 Å². The van der Waals surface area contributed by atoms with Crippen LogP contribution in [0.4, 0.5) is 8.78 Å². The third kappa shape index (κ3) is 5.59. The molecule has 3 aromatic carbocycles. The van der Waals surface area contributed by atoms with Crippen molar-refractivity contribution in [3.05, 3.63) is 93.5 Å². The van der Waals surface area contributed by atoms with Crippen LogP contribution in [0.1, 0.15) is 36.6 Å².